The molecule has 11 heavy (non-hydrogen) atoms. The first-order chi connectivity index (χ1) is 4.70. The second kappa shape index (κ2) is 4.22. The van der Waals surface area contributed by atoms with Crippen LogP contribution in [0.15, 0.2) is 12.4 Å². The molecule has 0 aliphatic heterocycles. The Morgan fingerprint density at radius 1 is 1.36 bits per heavy atom. The average Bonchev–Trinajstić information content (AvgIpc) is 1.88. The van der Waals surface area contributed by atoms with E-state index in [1.165, 1.54) is 0 Å². The molecule has 1 heterocycles. The Hall–Kier alpha value is -0.720. The van der Waals surface area contributed by atoms with E-state index in [1.54, 1.807) is 0 Å². The summed E-state index contributed by atoms with van der Waals surface area (Å²) in [7, 11) is 0. The third-order valence-corrected chi connectivity index (χ3v) is 0.825. The van der Waals surface area contributed by atoms with Crippen molar-refractivity contribution in [3.05, 3.63) is 22.5 Å². The second-order valence-electron chi connectivity index (χ2n) is 1.48. The first-order valence-electron chi connectivity index (χ1n) is 2.33. The van der Waals surface area contributed by atoms with Crippen LogP contribution in [0.25, 0.3) is 0 Å². The van der Waals surface area contributed by atoms with E-state index < -0.39 is 10.9 Å². The molecule has 0 aromatic carbocycles. The summed E-state index contributed by atoms with van der Waals surface area (Å²) < 4.78 is 0. The molecular formula is C4H2N3NaO3. The molecule has 0 aliphatic rings. The fourth-order valence-corrected chi connectivity index (χ4v) is 0.404. The van der Waals surface area contributed by atoms with Gasteiger partial charge in [-0.15, -0.1) is 0 Å². The molecular weight excluding hydrogens is 161 g/mol. The Morgan fingerprint density at radius 3 is 2.18 bits per heavy atom. The van der Waals surface area contributed by atoms with Crippen molar-refractivity contribution in [2.75, 3.05) is 0 Å². The Labute approximate surface area is 83.7 Å². The molecule has 0 unspecified atom stereocenters. The summed E-state index contributed by atoms with van der Waals surface area (Å²) >= 11 is 0. The molecule has 0 saturated heterocycles. The summed E-state index contributed by atoms with van der Waals surface area (Å²) in [5.41, 5.74) is -0.278. The summed E-state index contributed by atoms with van der Waals surface area (Å²) in [4.78, 5) is 15.5. The van der Waals surface area contributed by atoms with E-state index in [4.69, 9.17) is 0 Å². The molecule has 6 nitrogen and oxygen atoms in total. The van der Waals surface area contributed by atoms with Crippen LogP contribution < -0.4 is 34.7 Å². The van der Waals surface area contributed by atoms with Gasteiger partial charge in [0.05, 0.1) is 10.9 Å². The fraction of sp³-hybridized carbons (Fsp3) is 0. The van der Waals surface area contributed by atoms with E-state index in [0.29, 0.717) is 0 Å². The smallest absolute Gasteiger partial charge is 0.844 e. The summed E-state index contributed by atoms with van der Waals surface area (Å²) in [6.45, 7) is 0. The monoisotopic (exact) mass is 163 g/mol. The third kappa shape index (κ3) is 2.79. The molecule has 0 spiro atoms. The molecule has 0 amide bonds. The van der Waals surface area contributed by atoms with Gasteiger partial charge in [-0.1, -0.05) is 0 Å². The van der Waals surface area contributed by atoms with Crippen molar-refractivity contribution in [1.29, 1.82) is 0 Å². The number of hydrogen-bond donors (Lipinski definition) is 0. The van der Waals surface area contributed by atoms with Crippen LogP contribution in [0, 0.1) is 10.1 Å². The van der Waals surface area contributed by atoms with Crippen molar-refractivity contribution in [1.82, 2.24) is 9.97 Å². The number of nitro groups is 1. The van der Waals surface area contributed by atoms with E-state index in [-0.39, 0.29) is 35.2 Å². The summed E-state index contributed by atoms with van der Waals surface area (Å²) in [6, 6.07) is -0.717. The van der Waals surface area contributed by atoms with Crippen LogP contribution in [0.4, 0.5) is 5.69 Å². The summed E-state index contributed by atoms with van der Waals surface area (Å²) in [5.74, 6) is 0. The van der Waals surface area contributed by atoms with Gasteiger partial charge < -0.3 is 5.11 Å². The average molecular weight is 163 g/mol. The van der Waals surface area contributed by atoms with Crippen molar-refractivity contribution >= 4 is 5.69 Å². The van der Waals surface area contributed by atoms with Crippen LogP contribution in [0.2, 0.25) is 0 Å². The van der Waals surface area contributed by atoms with Crippen LogP contribution in [-0.4, -0.2) is 14.9 Å². The van der Waals surface area contributed by atoms with Gasteiger partial charge in [0, 0.05) is 0 Å². The second-order valence-corrected chi connectivity index (χ2v) is 1.48. The van der Waals surface area contributed by atoms with Gasteiger partial charge in [-0.05, 0) is 0 Å². The van der Waals surface area contributed by atoms with Gasteiger partial charge in [0.25, 0.3) is 0 Å². The maximum atomic E-state index is 10.2. The van der Waals surface area contributed by atoms with Crippen molar-refractivity contribution in [3.8, 4) is 6.01 Å². The molecule has 0 fully saturated rings. The first-order valence-corrected chi connectivity index (χ1v) is 2.33. The molecule has 0 aliphatic carbocycles. The Balaban J connectivity index is 0.000001000. The first kappa shape index (κ1) is 10.3. The Kier molecular flexibility index (Phi) is 3.94. The summed E-state index contributed by atoms with van der Waals surface area (Å²) in [5, 5.41) is 20.1. The van der Waals surface area contributed by atoms with Crippen molar-refractivity contribution in [2.45, 2.75) is 0 Å². The maximum absolute atomic E-state index is 10.2. The van der Waals surface area contributed by atoms with Crippen LogP contribution in [-0.2, 0) is 0 Å². The minimum atomic E-state index is -0.717. The SMILES string of the molecule is O=[N+]([O-])c1cnc([O-])nc1.[Na+]. The van der Waals surface area contributed by atoms with Gasteiger partial charge in [0.1, 0.15) is 12.4 Å². The van der Waals surface area contributed by atoms with E-state index in [1.807, 2.05) is 0 Å². The Morgan fingerprint density at radius 2 is 1.82 bits per heavy atom. The van der Waals surface area contributed by atoms with Gasteiger partial charge in [-0.2, -0.15) is 0 Å². The van der Waals surface area contributed by atoms with Crippen molar-refractivity contribution in [2.24, 2.45) is 0 Å². The third-order valence-electron chi connectivity index (χ3n) is 0.825. The molecule has 0 N–H and O–H groups in total. The van der Waals surface area contributed by atoms with Crippen LogP contribution in [0.1, 0.15) is 0 Å². The minimum absolute atomic E-state index is 0. The molecule has 0 radical (unpaired) electrons. The van der Waals surface area contributed by atoms with E-state index in [2.05, 4.69) is 9.97 Å². The zero-order chi connectivity index (χ0) is 7.56. The van der Waals surface area contributed by atoms with E-state index in [9.17, 15) is 15.2 Å². The molecule has 1 rings (SSSR count). The minimum Gasteiger partial charge on any atom is -0.844 e. The molecule has 1 aromatic rings. The standard InChI is InChI=1S/C4H3N3O3.Na/c8-4-5-1-3(2-6-4)7(9)10;/h1-2H,(H,5,6,8);/q;+1/p-1. The zero-order valence-electron chi connectivity index (χ0n) is 5.72. The fourth-order valence-electron chi connectivity index (χ4n) is 0.404. The van der Waals surface area contributed by atoms with Gasteiger partial charge in [0.15, 0.2) is 0 Å². The topological polar surface area (TPSA) is 92.0 Å². The van der Waals surface area contributed by atoms with Crippen LogP contribution in [0.5, 0.6) is 6.01 Å². The predicted octanol–water partition coefficient (Wildman–Crippen LogP) is -3.54. The zero-order valence-corrected chi connectivity index (χ0v) is 7.72. The van der Waals surface area contributed by atoms with Crippen LogP contribution >= 0.6 is 0 Å². The van der Waals surface area contributed by atoms with Gasteiger partial charge in [-0.3, -0.25) is 10.1 Å². The molecule has 0 saturated carbocycles. The number of rotatable bonds is 1. The van der Waals surface area contributed by atoms with Crippen LogP contribution in [0.3, 0.4) is 0 Å². The van der Waals surface area contributed by atoms with Crippen molar-refractivity contribution in [3.63, 3.8) is 0 Å². The van der Waals surface area contributed by atoms with Gasteiger partial charge in [0.2, 0.25) is 0 Å². The van der Waals surface area contributed by atoms with E-state index >= 15 is 0 Å². The number of nitrogens with zero attached hydrogens (tertiary/aromatic N) is 3. The largest absolute Gasteiger partial charge is 1.00 e. The molecule has 0 bridgehead atoms. The van der Waals surface area contributed by atoms with Gasteiger partial charge in [-0.25, -0.2) is 9.97 Å². The van der Waals surface area contributed by atoms with Crippen molar-refractivity contribution < 1.29 is 39.6 Å². The van der Waals surface area contributed by atoms with Gasteiger partial charge >= 0.3 is 35.2 Å². The quantitative estimate of drug-likeness (QED) is 0.243. The molecule has 0 atom stereocenters. The predicted molar refractivity (Wildman–Crippen MR) is 28.1 cm³/mol. The normalized spacial score (nSPS) is 8.36. The number of hydrogen-bond acceptors (Lipinski definition) is 5. The number of aromatic nitrogens is 2. The molecule has 1 aromatic heterocycles. The summed E-state index contributed by atoms with van der Waals surface area (Å²) in [6.07, 6.45) is 1.74. The Bertz CT molecular complexity index is 249. The molecule has 52 valence electrons. The maximum Gasteiger partial charge on any atom is 1.00 e. The molecule has 7 heteroatoms. The van der Waals surface area contributed by atoms with E-state index in [0.717, 1.165) is 12.4 Å².